The van der Waals surface area contributed by atoms with Crippen molar-refractivity contribution in [3.63, 3.8) is 0 Å². The van der Waals surface area contributed by atoms with E-state index in [2.05, 4.69) is 334 Å². The summed E-state index contributed by atoms with van der Waals surface area (Å²) in [6, 6.07) is 95.5. The summed E-state index contributed by atoms with van der Waals surface area (Å²) in [5.74, 6) is 8.02. The highest BCUT2D eigenvalue weighted by molar-refractivity contribution is 7.99. The Morgan fingerprint density at radius 1 is 0.291 bits per heavy atom. The van der Waals surface area contributed by atoms with Gasteiger partial charge in [0.1, 0.15) is 22.1 Å². The van der Waals surface area contributed by atoms with Crippen molar-refractivity contribution in [2.45, 2.75) is 205 Å². The van der Waals surface area contributed by atoms with Gasteiger partial charge in [0, 0.05) is 66.5 Å². The van der Waals surface area contributed by atoms with Gasteiger partial charge < -0.3 is 19.3 Å². The first-order valence-electron chi connectivity index (χ1n) is 50.1. The van der Waals surface area contributed by atoms with Crippen LogP contribution in [0.25, 0.3) is 0 Å². The lowest BCUT2D eigenvalue weighted by Gasteiger charge is -2.34. The predicted octanol–water partition coefficient (Wildman–Crippen LogP) is 32.6. The molecule has 0 radical (unpaired) electrons. The first-order valence-corrected chi connectivity index (χ1v) is 53.6. The van der Waals surface area contributed by atoms with Crippen LogP contribution in [0.4, 0.5) is 103 Å². The third-order valence-corrected chi connectivity index (χ3v) is 31.4. The Morgan fingerprint density at radius 2 is 0.676 bits per heavy atom. The summed E-state index contributed by atoms with van der Waals surface area (Å²) in [5, 5.41) is 0. The summed E-state index contributed by atoms with van der Waals surface area (Å²) in [5.41, 5.74) is 35.1. The number of benzene rings is 10. The fourth-order valence-electron chi connectivity index (χ4n) is 19.8. The number of nitrogens with zero attached hydrogens (tertiary/aromatic N) is 14. The predicted molar refractivity (Wildman–Crippen MR) is 604 cm³/mol. The molecular formula is C126H122N14O5S3. The maximum absolute atomic E-state index is 13.0. The molecule has 0 saturated heterocycles. The number of ether oxygens (including phenoxy) is 2. The van der Waals surface area contributed by atoms with Crippen molar-refractivity contribution >= 4 is 136 Å². The Hall–Kier alpha value is -15.8. The quantitative estimate of drug-likeness (QED) is 0.152. The van der Waals surface area contributed by atoms with Gasteiger partial charge in [0.25, 0.3) is 0 Å². The van der Waals surface area contributed by atoms with Gasteiger partial charge in [0.05, 0.1) is 75.9 Å². The molecule has 744 valence electrons. The molecule has 0 bridgehead atoms. The Balaban J connectivity index is 0.000000112. The highest BCUT2D eigenvalue weighted by atomic mass is 32.2. The van der Waals surface area contributed by atoms with Crippen LogP contribution in [-0.4, -0.2) is 52.5 Å². The molecule has 8 aromatic heterocycles. The number of hydrogen-bond donors (Lipinski definition) is 0. The van der Waals surface area contributed by atoms with E-state index in [9.17, 15) is 12.6 Å². The van der Waals surface area contributed by atoms with E-state index in [1.807, 2.05) is 153 Å². The maximum atomic E-state index is 13.0. The van der Waals surface area contributed by atoms with Gasteiger partial charge in [-0.3, -0.25) is 19.6 Å². The molecule has 6 aliphatic heterocycles. The number of aromatic nitrogens is 8. The van der Waals surface area contributed by atoms with Crippen LogP contribution in [-0.2, 0) is 50.9 Å². The Kier molecular flexibility index (Phi) is 28.6. The zero-order chi connectivity index (χ0) is 104. The second-order valence-corrected chi connectivity index (χ2v) is 45.1. The lowest BCUT2D eigenvalue weighted by atomic mass is 9.84. The molecule has 0 saturated carbocycles. The van der Waals surface area contributed by atoms with E-state index in [4.69, 9.17) is 9.47 Å². The molecule has 0 spiro atoms. The minimum Gasteiger partial charge on any atom is -0.487 e. The summed E-state index contributed by atoms with van der Waals surface area (Å²) in [4.78, 5) is 53.3. The topological polar surface area (TPSA) is 192 Å². The van der Waals surface area contributed by atoms with Crippen molar-refractivity contribution < 1.29 is 22.1 Å². The number of sulfone groups is 1. The Labute approximate surface area is 877 Å². The van der Waals surface area contributed by atoms with Crippen LogP contribution in [0.15, 0.2) is 358 Å². The van der Waals surface area contributed by atoms with Crippen molar-refractivity contribution in [3.05, 3.63) is 434 Å². The molecule has 0 amide bonds. The van der Waals surface area contributed by atoms with Crippen LogP contribution < -0.4 is 38.9 Å². The third-order valence-electron chi connectivity index (χ3n) is 27.2. The van der Waals surface area contributed by atoms with Crippen LogP contribution in [0.5, 0.6) is 17.2 Å². The molecule has 6 aliphatic rings. The van der Waals surface area contributed by atoms with E-state index in [1.54, 1.807) is 60.9 Å². The number of anilines is 18. The molecule has 19 nitrogen and oxygen atoms in total. The molecule has 1 unspecified atom stereocenters. The second kappa shape index (κ2) is 42.0. The third kappa shape index (κ3) is 20.3. The number of fused-ring (bicyclic) bond motifs is 12. The first kappa shape index (κ1) is 101. The normalized spacial score (nSPS) is 13.9. The molecular weight excluding hydrogens is 1890 g/mol. The fraction of sp³-hybridized carbons (Fsp3) is 0.206. The van der Waals surface area contributed by atoms with Gasteiger partial charge >= 0.3 is 0 Å². The molecule has 1 atom stereocenters. The first-order chi connectivity index (χ1) is 71.1. The molecule has 0 aliphatic carbocycles. The lowest BCUT2D eigenvalue weighted by Crippen LogP contribution is -2.25. The van der Waals surface area contributed by atoms with Gasteiger partial charge in [-0.1, -0.05) is 211 Å². The van der Waals surface area contributed by atoms with Crippen molar-refractivity contribution in [1.29, 1.82) is 0 Å². The molecule has 18 aromatic rings. The van der Waals surface area contributed by atoms with Crippen LogP contribution in [0.2, 0.25) is 0 Å². The Bertz CT molecular complexity index is 8090. The monoisotopic (exact) mass is 2010 g/mol. The van der Waals surface area contributed by atoms with Crippen molar-refractivity contribution in [2.75, 3.05) is 29.4 Å². The van der Waals surface area contributed by atoms with Crippen molar-refractivity contribution in [1.82, 2.24) is 39.9 Å². The van der Waals surface area contributed by atoms with Gasteiger partial charge in [0.2, 0.25) is 9.84 Å². The number of rotatable bonds is 6. The highest BCUT2D eigenvalue weighted by Gasteiger charge is 2.40. The summed E-state index contributed by atoms with van der Waals surface area (Å²) in [6.45, 7) is 43.7. The molecule has 0 N–H and O–H groups in total. The molecule has 0 fully saturated rings. The smallest absolute Gasteiger partial charge is 0.213 e. The average molecular weight is 2010 g/mol. The van der Waals surface area contributed by atoms with Crippen LogP contribution in [0, 0.1) is 96.9 Å². The highest BCUT2D eigenvalue weighted by Crippen LogP contribution is 2.56. The van der Waals surface area contributed by atoms with E-state index in [0.29, 0.717) is 29.9 Å². The van der Waals surface area contributed by atoms with E-state index in [1.165, 1.54) is 112 Å². The Morgan fingerprint density at radius 3 is 1.25 bits per heavy atom. The molecule has 148 heavy (non-hydrogen) atoms. The van der Waals surface area contributed by atoms with Crippen molar-refractivity contribution in [2.24, 2.45) is 0 Å². The van der Waals surface area contributed by atoms with Crippen LogP contribution >= 0.6 is 11.8 Å². The average Bonchev–Trinajstić information content (AvgIpc) is 1.02. The second-order valence-electron chi connectivity index (χ2n) is 40.7. The van der Waals surface area contributed by atoms with Gasteiger partial charge in [-0.25, -0.2) is 52.5 Å². The molecule has 22 heteroatoms. The standard InChI is InChI=1S/C28H33N.C26H29NO.C18H15N3O2S.C18H15N3OS.C18H15N3O.C18H15N3S/c1-19-14-15-26-23(16-19)12-9-11-22-10-7-8-13-25(22)29(26)27-20(2)17-24(18-21(27)3)28(4,5)6;1-17-11-12-23-24(13-17)28-16-20-9-7-8-10-22(20)27(23)25-18(2)14-21(15-19(25)3)26(4,5)6;1-12-10-16-18(20-11-12)21(14-7-4-3-6-13(14)2)17-15(24(16,22)23)8-5-9-19-17;1-12-10-16-18(20-11-12)21(14-7-4-3-6-13(14)2)17-15(23(16)22)8-5-9-19-17;2*1-12-10-16-18(20-11-12)21(14-7-4-3-6-13(14)2)17-15(22-16)8-5-9-19-17/h7-8,10,13-18H,9,11-12H2,1-6H3;7-15H,16H2,1-6H3;3-11H,1-2H3;3-11H,1-2H3;2*3-11H,1-2H3. The van der Waals surface area contributed by atoms with E-state index in [-0.39, 0.29) is 20.6 Å². The molecule has 14 heterocycles. The SMILES string of the molecule is Cc1ccc2c(c1)CCCc1ccccc1N2c1c(C)cc(C(C)(C)C)cc1C.Cc1ccc2c(c1)OCc1ccccc1N2c1c(C)cc(C(C)(C)C)cc1C.Cc1cnc2c(c1)Oc1cccnc1N2c1ccccc1C.Cc1cnc2c(c1)S(=O)(=O)c1cccnc1N2c1ccccc1C.Cc1cnc2c(c1)S(=O)c1cccnc1N2c1ccccc1C.Cc1cnc2c(c1)Sc1cccnc1N2c1ccccc1C. The van der Waals surface area contributed by atoms with E-state index in [0.717, 1.165) is 130 Å². The lowest BCUT2D eigenvalue weighted by molar-refractivity contribution is 0.310. The van der Waals surface area contributed by atoms with Gasteiger partial charge in [-0.2, -0.15) is 0 Å². The summed E-state index contributed by atoms with van der Waals surface area (Å²) >= 11 is 1.73. The number of para-hydroxylation sites is 6. The van der Waals surface area contributed by atoms with Crippen LogP contribution in [0.1, 0.15) is 154 Å². The van der Waals surface area contributed by atoms with Crippen molar-refractivity contribution in [3.8, 4) is 17.2 Å². The van der Waals surface area contributed by atoms with E-state index >= 15 is 0 Å². The molecule has 24 rings (SSSR count). The number of pyridine rings is 8. The zero-order valence-corrected chi connectivity index (χ0v) is 90.0. The summed E-state index contributed by atoms with van der Waals surface area (Å²) in [7, 11) is -4.91. The van der Waals surface area contributed by atoms with Gasteiger partial charge in [-0.15, -0.1) is 0 Å². The molecule has 10 aromatic carbocycles. The van der Waals surface area contributed by atoms with Gasteiger partial charge in [0.15, 0.2) is 58.0 Å². The van der Waals surface area contributed by atoms with Gasteiger partial charge in [-0.05, 0) is 349 Å². The summed E-state index contributed by atoms with van der Waals surface area (Å²) in [6.07, 6.45) is 17.6. The van der Waals surface area contributed by atoms with Crippen LogP contribution in [0.3, 0.4) is 0 Å². The zero-order valence-electron chi connectivity index (χ0n) is 87.5. The van der Waals surface area contributed by atoms with E-state index < -0.39 is 20.6 Å². The fourth-order valence-corrected chi connectivity index (χ4v) is 23.8. The largest absolute Gasteiger partial charge is 0.487 e. The maximum Gasteiger partial charge on any atom is 0.213 e. The minimum absolute atomic E-state index is 0.128. The minimum atomic E-state index is -3.64. The number of aryl methyl sites for hydroxylation is 16. The summed E-state index contributed by atoms with van der Waals surface area (Å²) < 4.78 is 51.1. The number of hydrogen-bond acceptors (Lipinski definition) is 20.